The number of likely N-dealkylation sites (tertiary alicyclic amines) is 1. The molecule has 0 N–H and O–H groups in total. The maximum absolute atomic E-state index is 12.8. The fourth-order valence-electron chi connectivity index (χ4n) is 4.00. The number of amides is 1. The van der Waals surface area contributed by atoms with Gasteiger partial charge in [-0.3, -0.25) is 9.59 Å². The molecule has 1 atom stereocenters. The Bertz CT molecular complexity index is 621. The van der Waals surface area contributed by atoms with E-state index in [2.05, 4.69) is 23.7 Å². The molecule has 2 fully saturated rings. The normalized spacial score (nSPS) is 21.1. The molecule has 5 nitrogen and oxygen atoms in total. The third kappa shape index (κ3) is 4.63. The van der Waals surface area contributed by atoms with Gasteiger partial charge in [0, 0.05) is 44.7 Å². The summed E-state index contributed by atoms with van der Waals surface area (Å²) in [5, 5.41) is 0. The van der Waals surface area contributed by atoms with Crippen molar-refractivity contribution in [3.63, 3.8) is 0 Å². The average Bonchev–Trinajstić information content (AvgIpc) is 2.68. The molecule has 0 bridgehead atoms. The number of nitrogens with zero attached hydrogens (tertiary/aromatic N) is 3. The highest BCUT2D eigenvalue weighted by molar-refractivity contribution is 5.94. The molecular formula is C21H31N3O2. The van der Waals surface area contributed by atoms with Crippen molar-refractivity contribution < 1.29 is 9.59 Å². The zero-order chi connectivity index (χ0) is 18.5. The summed E-state index contributed by atoms with van der Waals surface area (Å²) >= 11 is 0. The number of piperidine rings is 2. The van der Waals surface area contributed by atoms with Gasteiger partial charge in [0.05, 0.1) is 5.56 Å². The average molecular weight is 357 g/mol. The minimum atomic E-state index is -0.00400. The van der Waals surface area contributed by atoms with Gasteiger partial charge >= 0.3 is 0 Å². The van der Waals surface area contributed by atoms with Crippen LogP contribution < -0.4 is 4.90 Å². The number of ketones is 1. The number of rotatable bonds is 5. The van der Waals surface area contributed by atoms with Gasteiger partial charge in [0.25, 0.3) is 5.91 Å². The molecule has 0 aliphatic carbocycles. The predicted octanol–water partition coefficient (Wildman–Crippen LogP) is 3.54. The molecule has 26 heavy (non-hydrogen) atoms. The van der Waals surface area contributed by atoms with Gasteiger partial charge in [-0.05, 0) is 50.2 Å². The van der Waals surface area contributed by atoms with Gasteiger partial charge in [-0.2, -0.15) is 0 Å². The summed E-state index contributed by atoms with van der Waals surface area (Å²) in [6, 6.07) is 3.85. The number of carbonyl (C=O) groups is 2. The van der Waals surface area contributed by atoms with Crippen molar-refractivity contribution in [3.8, 4) is 0 Å². The molecule has 1 aromatic rings. The van der Waals surface area contributed by atoms with Crippen molar-refractivity contribution in [2.24, 2.45) is 11.8 Å². The number of anilines is 1. The van der Waals surface area contributed by atoms with Crippen LogP contribution in [0.2, 0.25) is 0 Å². The quantitative estimate of drug-likeness (QED) is 0.809. The first-order valence-corrected chi connectivity index (χ1v) is 10.1. The molecule has 0 saturated carbocycles. The largest absolute Gasteiger partial charge is 0.357 e. The van der Waals surface area contributed by atoms with Crippen LogP contribution in [0.5, 0.6) is 0 Å². The van der Waals surface area contributed by atoms with Crippen LogP contribution in [0.3, 0.4) is 0 Å². The minimum absolute atomic E-state index is 0.00400. The van der Waals surface area contributed by atoms with E-state index in [1.165, 1.54) is 19.3 Å². The van der Waals surface area contributed by atoms with E-state index in [1.54, 1.807) is 6.20 Å². The minimum Gasteiger partial charge on any atom is -0.357 e. The molecule has 1 aromatic heterocycles. The lowest BCUT2D eigenvalue weighted by molar-refractivity contribution is -0.124. The summed E-state index contributed by atoms with van der Waals surface area (Å²) in [5.41, 5.74) is 0.628. The Labute approximate surface area is 156 Å². The van der Waals surface area contributed by atoms with Gasteiger partial charge in [-0.15, -0.1) is 0 Å². The molecule has 3 rings (SSSR count). The van der Waals surface area contributed by atoms with Crippen LogP contribution in [0.1, 0.15) is 62.7 Å². The van der Waals surface area contributed by atoms with Gasteiger partial charge in [0.1, 0.15) is 11.6 Å². The molecule has 0 radical (unpaired) electrons. The van der Waals surface area contributed by atoms with E-state index in [9.17, 15) is 9.59 Å². The smallest absolute Gasteiger partial charge is 0.255 e. The summed E-state index contributed by atoms with van der Waals surface area (Å²) < 4.78 is 0. The highest BCUT2D eigenvalue weighted by atomic mass is 16.2. The number of Topliss-reactive ketones (excluding diaryl/α,β-unsaturated/α-hetero) is 1. The summed E-state index contributed by atoms with van der Waals surface area (Å²) in [6.07, 6.45) is 7.83. The first-order valence-electron chi connectivity index (χ1n) is 10.1. The van der Waals surface area contributed by atoms with E-state index in [1.807, 2.05) is 17.0 Å². The Morgan fingerprint density at radius 2 is 1.88 bits per heavy atom. The summed E-state index contributed by atoms with van der Waals surface area (Å²) in [6.45, 7) is 7.52. The number of hydrogen-bond acceptors (Lipinski definition) is 4. The molecular weight excluding hydrogens is 326 g/mol. The fourth-order valence-corrected chi connectivity index (χ4v) is 4.00. The summed E-state index contributed by atoms with van der Waals surface area (Å²) in [7, 11) is 0. The number of carbonyl (C=O) groups excluding carboxylic acids is 2. The van der Waals surface area contributed by atoms with Crippen LogP contribution >= 0.6 is 0 Å². The Hall–Kier alpha value is -1.91. The van der Waals surface area contributed by atoms with Crippen molar-refractivity contribution in [3.05, 3.63) is 23.9 Å². The van der Waals surface area contributed by atoms with E-state index in [-0.39, 0.29) is 11.8 Å². The van der Waals surface area contributed by atoms with Crippen molar-refractivity contribution >= 4 is 17.5 Å². The molecule has 2 aliphatic rings. The van der Waals surface area contributed by atoms with Crippen LogP contribution in [0.4, 0.5) is 5.82 Å². The van der Waals surface area contributed by atoms with Crippen LogP contribution in [0.25, 0.3) is 0 Å². The highest BCUT2D eigenvalue weighted by Crippen LogP contribution is 2.23. The predicted molar refractivity (Wildman–Crippen MR) is 103 cm³/mol. The standard InChI is InChI=1S/C21H31N3O2/c1-16(2)13-19(25)18-7-6-12-24(15-18)21(26)17-8-9-20(22-14-17)23-10-4-3-5-11-23/h8-9,14,16,18H,3-7,10-13,15H2,1-2H3/t18-/m0/s1. The Morgan fingerprint density at radius 1 is 1.12 bits per heavy atom. The van der Waals surface area contributed by atoms with Crippen LogP contribution in [-0.4, -0.2) is 47.8 Å². The van der Waals surface area contributed by atoms with Crippen molar-refractivity contribution in [2.75, 3.05) is 31.1 Å². The van der Waals surface area contributed by atoms with E-state index in [0.29, 0.717) is 30.2 Å². The van der Waals surface area contributed by atoms with Gasteiger partial charge < -0.3 is 9.80 Å². The molecule has 0 aromatic carbocycles. The lowest BCUT2D eigenvalue weighted by Crippen LogP contribution is -2.42. The molecule has 5 heteroatoms. The van der Waals surface area contributed by atoms with Crippen LogP contribution in [0.15, 0.2) is 18.3 Å². The summed E-state index contributed by atoms with van der Waals surface area (Å²) in [4.78, 5) is 33.9. The molecule has 2 aliphatic heterocycles. The molecule has 2 saturated heterocycles. The maximum Gasteiger partial charge on any atom is 0.255 e. The first kappa shape index (κ1) is 18.9. The van der Waals surface area contributed by atoms with E-state index < -0.39 is 0 Å². The number of pyridine rings is 1. The second-order valence-electron chi connectivity index (χ2n) is 8.11. The topological polar surface area (TPSA) is 53.5 Å². The van der Waals surface area contributed by atoms with Gasteiger partial charge in [-0.1, -0.05) is 13.8 Å². The maximum atomic E-state index is 12.8. The van der Waals surface area contributed by atoms with Gasteiger partial charge in [0.15, 0.2) is 0 Å². The monoisotopic (exact) mass is 357 g/mol. The lowest BCUT2D eigenvalue weighted by Gasteiger charge is -2.32. The Morgan fingerprint density at radius 3 is 2.54 bits per heavy atom. The Kier molecular flexibility index (Phi) is 6.28. The second-order valence-corrected chi connectivity index (χ2v) is 8.11. The van der Waals surface area contributed by atoms with E-state index in [4.69, 9.17) is 0 Å². The fraction of sp³-hybridized carbons (Fsp3) is 0.667. The van der Waals surface area contributed by atoms with Gasteiger partial charge in [0.2, 0.25) is 0 Å². The zero-order valence-corrected chi connectivity index (χ0v) is 16.1. The van der Waals surface area contributed by atoms with Crippen molar-refractivity contribution in [2.45, 2.75) is 52.4 Å². The number of hydrogen-bond donors (Lipinski definition) is 0. The highest BCUT2D eigenvalue weighted by Gasteiger charge is 2.29. The third-order valence-corrected chi connectivity index (χ3v) is 5.45. The van der Waals surface area contributed by atoms with Crippen LogP contribution in [-0.2, 0) is 4.79 Å². The van der Waals surface area contributed by atoms with E-state index >= 15 is 0 Å². The summed E-state index contributed by atoms with van der Waals surface area (Å²) in [5.74, 6) is 1.64. The number of aromatic nitrogens is 1. The van der Waals surface area contributed by atoms with Crippen molar-refractivity contribution in [1.82, 2.24) is 9.88 Å². The molecule has 0 spiro atoms. The first-order chi connectivity index (χ1) is 12.5. The third-order valence-electron chi connectivity index (χ3n) is 5.45. The molecule has 142 valence electrons. The lowest BCUT2D eigenvalue weighted by atomic mass is 9.89. The van der Waals surface area contributed by atoms with Crippen LogP contribution in [0, 0.1) is 11.8 Å². The zero-order valence-electron chi connectivity index (χ0n) is 16.1. The van der Waals surface area contributed by atoms with E-state index in [0.717, 1.165) is 38.3 Å². The molecule has 0 unspecified atom stereocenters. The Balaban J connectivity index is 1.62. The molecule has 3 heterocycles. The second kappa shape index (κ2) is 8.65. The van der Waals surface area contributed by atoms with Gasteiger partial charge in [-0.25, -0.2) is 4.98 Å². The molecule has 1 amide bonds. The SMILES string of the molecule is CC(C)CC(=O)[C@H]1CCCN(C(=O)c2ccc(N3CCCCC3)nc2)C1. The van der Waals surface area contributed by atoms with Crippen molar-refractivity contribution in [1.29, 1.82) is 0 Å².